The van der Waals surface area contributed by atoms with Gasteiger partial charge in [-0.05, 0) is 12.1 Å². The van der Waals surface area contributed by atoms with E-state index >= 15 is 0 Å². The first-order chi connectivity index (χ1) is 7.36. The summed E-state index contributed by atoms with van der Waals surface area (Å²) >= 11 is 1.44. The molecule has 2 rings (SSSR count). The standard InChI is InChI=1S/C11H10NO2S/c1-13-8-4-3-5-9(14-2)11(8)10-6-12-7-15-10/h3-6H,1-2H3. The van der Waals surface area contributed by atoms with E-state index in [0.29, 0.717) is 0 Å². The lowest BCUT2D eigenvalue weighted by molar-refractivity contribution is 0.397. The lowest BCUT2D eigenvalue weighted by Gasteiger charge is -2.10. The Kier molecular flexibility index (Phi) is 2.87. The summed E-state index contributed by atoms with van der Waals surface area (Å²) in [6.07, 6.45) is 1.76. The van der Waals surface area contributed by atoms with Crippen LogP contribution in [-0.4, -0.2) is 19.2 Å². The summed E-state index contributed by atoms with van der Waals surface area (Å²) < 4.78 is 10.6. The molecule has 0 bridgehead atoms. The van der Waals surface area contributed by atoms with E-state index < -0.39 is 0 Å². The molecule has 0 fully saturated rings. The quantitative estimate of drug-likeness (QED) is 0.796. The van der Waals surface area contributed by atoms with E-state index in [1.165, 1.54) is 11.3 Å². The van der Waals surface area contributed by atoms with Crippen LogP contribution in [0.25, 0.3) is 10.4 Å². The zero-order chi connectivity index (χ0) is 10.7. The molecule has 1 aromatic carbocycles. The van der Waals surface area contributed by atoms with Gasteiger partial charge in [0.25, 0.3) is 0 Å². The highest BCUT2D eigenvalue weighted by Crippen LogP contribution is 2.39. The van der Waals surface area contributed by atoms with Crippen molar-refractivity contribution in [3.63, 3.8) is 0 Å². The van der Waals surface area contributed by atoms with Crippen LogP contribution < -0.4 is 9.47 Å². The molecule has 1 radical (unpaired) electrons. The molecular weight excluding hydrogens is 210 g/mol. The third kappa shape index (κ3) is 1.80. The van der Waals surface area contributed by atoms with Gasteiger partial charge >= 0.3 is 0 Å². The summed E-state index contributed by atoms with van der Waals surface area (Å²) in [5, 5.41) is 0. The lowest BCUT2D eigenvalue weighted by atomic mass is 10.1. The first-order valence-electron chi connectivity index (χ1n) is 4.40. The van der Waals surface area contributed by atoms with Gasteiger partial charge in [-0.3, -0.25) is 0 Å². The molecule has 4 heteroatoms. The number of benzene rings is 1. The number of methoxy groups -OCH3 is 2. The molecule has 1 aromatic heterocycles. The molecule has 0 aliphatic carbocycles. The van der Waals surface area contributed by atoms with Crippen LogP contribution in [0.5, 0.6) is 11.5 Å². The van der Waals surface area contributed by atoms with Crippen molar-refractivity contribution >= 4 is 11.3 Å². The van der Waals surface area contributed by atoms with E-state index in [1.54, 1.807) is 20.4 Å². The molecule has 3 nitrogen and oxygen atoms in total. The predicted molar refractivity (Wildman–Crippen MR) is 59.5 cm³/mol. The summed E-state index contributed by atoms with van der Waals surface area (Å²) in [5.74, 6) is 1.57. The van der Waals surface area contributed by atoms with Crippen LogP contribution in [-0.2, 0) is 0 Å². The highest BCUT2D eigenvalue weighted by Gasteiger charge is 2.13. The highest BCUT2D eigenvalue weighted by molar-refractivity contribution is 7.12. The summed E-state index contributed by atoms with van der Waals surface area (Å²) in [6.45, 7) is 0. The second kappa shape index (κ2) is 4.31. The Balaban J connectivity index is 2.61. The smallest absolute Gasteiger partial charge is 0.152 e. The number of hydrogen-bond acceptors (Lipinski definition) is 4. The molecule has 77 valence electrons. The maximum absolute atomic E-state index is 5.30. The lowest BCUT2D eigenvalue weighted by Crippen LogP contribution is -1.91. The van der Waals surface area contributed by atoms with E-state index in [9.17, 15) is 0 Å². The molecule has 0 aliphatic rings. The zero-order valence-corrected chi connectivity index (χ0v) is 9.30. The average molecular weight is 220 g/mol. The normalized spacial score (nSPS) is 10.0. The molecular formula is C11H10NO2S. The van der Waals surface area contributed by atoms with Crippen LogP contribution in [0.1, 0.15) is 0 Å². The Hall–Kier alpha value is -1.55. The van der Waals surface area contributed by atoms with E-state index in [0.717, 1.165) is 21.9 Å². The van der Waals surface area contributed by atoms with Gasteiger partial charge < -0.3 is 9.47 Å². The summed E-state index contributed by atoms with van der Waals surface area (Å²) in [7, 11) is 3.28. The van der Waals surface area contributed by atoms with E-state index in [2.05, 4.69) is 10.5 Å². The fourth-order valence-electron chi connectivity index (χ4n) is 1.40. The molecule has 0 atom stereocenters. The Labute approximate surface area is 92.3 Å². The Morgan fingerprint density at radius 2 is 1.87 bits per heavy atom. The van der Waals surface area contributed by atoms with Crippen molar-refractivity contribution in [2.45, 2.75) is 0 Å². The molecule has 1 heterocycles. The van der Waals surface area contributed by atoms with Gasteiger partial charge in [0, 0.05) is 6.20 Å². The van der Waals surface area contributed by atoms with Gasteiger partial charge in [-0.2, -0.15) is 0 Å². The SMILES string of the molecule is COc1cccc(OC)c1-c1cn[c]s1. The van der Waals surface area contributed by atoms with Crippen molar-refractivity contribution < 1.29 is 9.47 Å². The van der Waals surface area contributed by atoms with Crippen LogP contribution in [0, 0.1) is 5.51 Å². The van der Waals surface area contributed by atoms with Crippen LogP contribution in [0.2, 0.25) is 0 Å². The average Bonchev–Trinajstić information content (AvgIpc) is 2.81. The highest BCUT2D eigenvalue weighted by atomic mass is 32.1. The minimum absolute atomic E-state index is 0.784. The summed E-state index contributed by atoms with van der Waals surface area (Å²) in [5.41, 5.74) is 3.74. The Morgan fingerprint density at radius 3 is 2.33 bits per heavy atom. The molecule has 0 saturated heterocycles. The monoisotopic (exact) mass is 220 g/mol. The molecule has 0 amide bonds. The number of rotatable bonds is 3. The van der Waals surface area contributed by atoms with Crippen molar-refractivity contribution in [3.8, 4) is 21.9 Å². The van der Waals surface area contributed by atoms with E-state index in [1.807, 2.05) is 18.2 Å². The van der Waals surface area contributed by atoms with Gasteiger partial charge in [0.1, 0.15) is 11.5 Å². The van der Waals surface area contributed by atoms with Gasteiger partial charge in [0.15, 0.2) is 5.51 Å². The van der Waals surface area contributed by atoms with Gasteiger partial charge in [-0.1, -0.05) is 6.07 Å². The van der Waals surface area contributed by atoms with Crippen molar-refractivity contribution in [1.82, 2.24) is 4.98 Å². The van der Waals surface area contributed by atoms with Crippen molar-refractivity contribution in [1.29, 1.82) is 0 Å². The largest absolute Gasteiger partial charge is 0.496 e. The van der Waals surface area contributed by atoms with Gasteiger partial charge in [0.05, 0.1) is 24.7 Å². The van der Waals surface area contributed by atoms with E-state index in [-0.39, 0.29) is 0 Å². The topological polar surface area (TPSA) is 31.4 Å². The maximum atomic E-state index is 5.30. The number of aromatic nitrogens is 1. The number of ether oxygens (including phenoxy) is 2. The summed E-state index contributed by atoms with van der Waals surface area (Å²) in [6, 6.07) is 5.70. The minimum atomic E-state index is 0.784. The first kappa shape index (κ1) is 9.98. The van der Waals surface area contributed by atoms with E-state index in [4.69, 9.17) is 9.47 Å². The zero-order valence-electron chi connectivity index (χ0n) is 8.48. The van der Waals surface area contributed by atoms with Crippen molar-refractivity contribution in [2.24, 2.45) is 0 Å². The number of thiazole rings is 1. The van der Waals surface area contributed by atoms with Crippen LogP contribution in [0.4, 0.5) is 0 Å². The molecule has 0 spiro atoms. The van der Waals surface area contributed by atoms with Crippen molar-refractivity contribution in [3.05, 3.63) is 29.9 Å². The molecule has 2 aromatic rings. The van der Waals surface area contributed by atoms with Crippen LogP contribution >= 0.6 is 11.3 Å². The second-order valence-electron chi connectivity index (χ2n) is 2.85. The Morgan fingerprint density at radius 1 is 1.20 bits per heavy atom. The maximum Gasteiger partial charge on any atom is 0.152 e. The minimum Gasteiger partial charge on any atom is -0.496 e. The second-order valence-corrected chi connectivity index (χ2v) is 3.68. The van der Waals surface area contributed by atoms with Crippen LogP contribution in [0.3, 0.4) is 0 Å². The molecule has 15 heavy (non-hydrogen) atoms. The van der Waals surface area contributed by atoms with Gasteiger partial charge in [-0.25, -0.2) is 4.98 Å². The molecule has 0 unspecified atom stereocenters. The number of nitrogens with zero attached hydrogens (tertiary/aromatic N) is 1. The first-order valence-corrected chi connectivity index (χ1v) is 5.21. The molecule has 0 aliphatic heterocycles. The third-order valence-corrected chi connectivity index (χ3v) is 2.79. The predicted octanol–water partition coefficient (Wildman–Crippen LogP) is 2.63. The van der Waals surface area contributed by atoms with Gasteiger partial charge in [-0.15, -0.1) is 11.3 Å². The fraction of sp³-hybridized carbons (Fsp3) is 0.182. The molecule has 0 N–H and O–H groups in total. The fourth-order valence-corrected chi connectivity index (χ4v) is 2.01. The van der Waals surface area contributed by atoms with Crippen molar-refractivity contribution in [2.75, 3.05) is 14.2 Å². The van der Waals surface area contributed by atoms with Gasteiger partial charge in [0.2, 0.25) is 0 Å². The Bertz CT molecular complexity index is 418. The van der Waals surface area contributed by atoms with Crippen LogP contribution in [0.15, 0.2) is 24.4 Å². The number of hydrogen-bond donors (Lipinski definition) is 0. The molecule has 0 saturated carbocycles. The summed E-state index contributed by atoms with van der Waals surface area (Å²) in [4.78, 5) is 4.92. The third-order valence-electron chi connectivity index (χ3n) is 2.06.